The molecule has 0 amide bonds. The molecule has 5 heteroatoms. The molecule has 2 aromatic rings. The van der Waals surface area contributed by atoms with Gasteiger partial charge in [0.25, 0.3) is 0 Å². The third-order valence-electron chi connectivity index (χ3n) is 3.22. The fourth-order valence-electron chi connectivity index (χ4n) is 2.23. The van der Waals surface area contributed by atoms with E-state index in [1.807, 2.05) is 29.1 Å². The lowest BCUT2D eigenvalue weighted by Gasteiger charge is -2.31. The van der Waals surface area contributed by atoms with Crippen LogP contribution in [0.15, 0.2) is 24.4 Å². The van der Waals surface area contributed by atoms with Crippen LogP contribution in [0.5, 0.6) is 5.75 Å². The summed E-state index contributed by atoms with van der Waals surface area (Å²) in [5, 5.41) is 14.8. The van der Waals surface area contributed by atoms with Crippen LogP contribution in [-0.4, -0.2) is 26.5 Å². The van der Waals surface area contributed by atoms with Crippen molar-refractivity contribution in [2.75, 3.05) is 5.52 Å². The summed E-state index contributed by atoms with van der Waals surface area (Å²) >= 11 is 3.23. The van der Waals surface area contributed by atoms with E-state index in [9.17, 15) is 5.11 Å². The molecule has 1 aromatic carbocycles. The number of fused-ring (bicyclic) bond motifs is 1. The first kappa shape index (κ1) is 11.0. The van der Waals surface area contributed by atoms with Crippen molar-refractivity contribution in [2.24, 2.45) is 0 Å². The first-order chi connectivity index (χ1) is 8.28. The number of hydrogen-bond donors (Lipinski definition) is 1. The van der Waals surface area contributed by atoms with Crippen molar-refractivity contribution >= 4 is 26.8 Å². The van der Waals surface area contributed by atoms with Crippen molar-refractivity contribution in [3.05, 3.63) is 24.4 Å². The van der Waals surface area contributed by atoms with Crippen LogP contribution in [0.3, 0.4) is 0 Å². The predicted molar refractivity (Wildman–Crippen MR) is 68.4 cm³/mol. The topological polar surface area (TPSA) is 47.3 Å². The van der Waals surface area contributed by atoms with E-state index in [0.717, 1.165) is 29.5 Å². The number of benzene rings is 1. The Balaban J connectivity index is 1.94. The molecule has 1 aliphatic rings. The van der Waals surface area contributed by atoms with E-state index in [1.165, 1.54) is 0 Å². The van der Waals surface area contributed by atoms with Gasteiger partial charge in [-0.1, -0.05) is 0 Å². The quantitative estimate of drug-likeness (QED) is 0.885. The lowest BCUT2D eigenvalue weighted by Crippen LogP contribution is -2.31. The van der Waals surface area contributed by atoms with Gasteiger partial charge < -0.3 is 9.84 Å². The van der Waals surface area contributed by atoms with Crippen LogP contribution in [0.2, 0.25) is 0 Å². The van der Waals surface area contributed by atoms with Crippen LogP contribution < -0.4 is 4.74 Å². The van der Waals surface area contributed by atoms with E-state index < -0.39 is 0 Å². The van der Waals surface area contributed by atoms with Gasteiger partial charge in [-0.25, -0.2) is 0 Å². The van der Waals surface area contributed by atoms with E-state index in [4.69, 9.17) is 4.74 Å². The first-order valence-electron chi connectivity index (χ1n) is 5.62. The highest BCUT2D eigenvalue weighted by atomic mass is 79.9. The molecule has 1 saturated carbocycles. The second-order valence-electron chi connectivity index (χ2n) is 4.34. The summed E-state index contributed by atoms with van der Waals surface area (Å²) in [5.74, 6) is 0.836. The second kappa shape index (κ2) is 4.31. The van der Waals surface area contributed by atoms with Crippen LogP contribution in [0.1, 0.15) is 18.9 Å². The standard InChI is InChI=1S/C12H13BrN2O2/c13-7-17-11-1-2-12-8(3-11)6-14-15(12)9-4-10(16)5-9/h1-3,6,9-10,16H,4-5,7H2. The zero-order valence-electron chi connectivity index (χ0n) is 9.21. The van der Waals surface area contributed by atoms with Crippen molar-refractivity contribution in [2.45, 2.75) is 25.0 Å². The van der Waals surface area contributed by atoms with E-state index in [1.54, 1.807) is 0 Å². The van der Waals surface area contributed by atoms with Gasteiger partial charge in [-0.05, 0) is 47.0 Å². The van der Waals surface area contributed by atoms with Gasteiger partial charge in [-0.3, -0.25) is 4.68 Å². The maximum absolute atomic E-state index is 9.34. The fourth-order valence-corrected chi connectivity index (χ4v) is 2.50. The Kier molecular flexibility index (Phi) is 2.80. The van der Waals surface area contributed by atoms with Crippen LogP contribution in [0.25, 0.3) is 10.9 Å². The molecule has 1 heterocycles. The molecular formula is C12H13BrN2O2. The number of alkyl halides is 1. The number of aromatic nitrogens is 2. The monoisotopic (exact) mass is 296 g/mol. The number of halogens is 1. The molecule has 1 aliphatic carbocycles. The average molecular weight is 297 g/mol. The Bertz CT molecular complexity index is 534. The molecule has 90 valence electrons. The van der Waals surface area contributed by atoms with Gasteiger partial charge in [0, 0.05) is 5.39 Å². The summed E-state index contributed by atoms with van der Waals surface area (Å²) in [4.78, 5) is 0. The molecule has 1 aromatic heterocycles. The minimum absolute atomic E-state index is 0.157. The first-order valence-corrected chi connectivity index (χ1v) is 6.74. The summed E-state index contributed by atoms with van der Waals surface area (Å²) in [6.07, 6.45) is 3.30. The van der Waals surface area contributed by atoms with Crippen LogP contribution in [0, 0.1) is 0 Å². The Hall–Kier alpha value is -1.07. The van der Waals surface area contributed by atoms with Gasteiger partial charge in [0.15, 0.2) is 0 Å². The molecule has 0 aliphatic heterocycles. The normalized spacial score (nSPS) is 23.6. The lowest BCUT2D eigenvalue weighted by atomic mass is 9.89. The van der Waals surface area contributed by atoms with Crippen LogP contribution in [0.4, 0.5) is 0 Å². The maximum Gasteiger partial charge on any atom is 0.143 e. The summed E-state index contributed by atoms with van der Waals surface area (Å²) in [5.41, 5.74) is 1.59. The highest BCUT2D eigenvalue weighted by Crippen LogP contribution is 2.34. The number of nitrogens with zero attached hydrogens (tertiary/aromatic N) is 2. The zero-order chi connectivity index (χ0) is 11.8. The summed E-state index contributed by atoms with van der Waals surface area (Å²) in [7, 11) is 0. The van der Waals surface area contributed by atoms with E-state index >= 15 is 0 Å². The zero-order valence-corrected chi connectivity index (χ0v) is 10.8. The summed E-state index contributed by atoms with van der Waals surface area (Å²) < 4.78 is 7.38. The van der Waals surface area contributed by atoms with Gasteiger partial charge >= 0.3 is 0 Å². The highest BCUT2D eigenvalue weighted by molar-refractivity contribution is 9.09. The fraction of sp³-hybridized carbons (Fsp3) is 0.417. The number of aliphatic hydroxyl groups is 1. The molecule has 0 saturated heterocycles. The molecular weight excluding hydrogens is 284 g/mol. The van der Waals surface area contributed by atoms with Gasteiger partial charge in [0.1, 0.15) is 11.3 Å². The maximum atomic E-state index is 9.34. The van der Waals surface area contributed by atoms with E-state index in [0.29, 0.717) is 11.6 Å². The molecule has 0 atom stereocenters. The minimum atomic E-state index is -0.157. The SMILES string of the molecule is OC1CC(n2ncc3cc(OCBr)ccc32)C1. The molecule has 1 N–H and O–H groups in total. The van der Waals surface area contributed by atoms with Gasteiger partial charge in [0.2, 0.25) is 0 Å². The number of ether oxygens (including phenoxy) is 1. The molecule has 4 nitrogen and oxygen atoms in total. The van der Waals surface area contributed by atoms with Crippen molar-refractivity contribution in [3.63, 3.8) is 0 Å². The lowest BCUT2D eigenvalue weighted by molar-refractivity contribution is 0.0453. The van der Waals surface area contributed by atoms with Gasteiger partial charge in [0.05, 0.1) is 23.9 Å². The Morgan fingerprint density at radius 2 is 2.29 bits per heavy atom. The summed E-state index contributed by atoms with van der Waals surface area (Å²) in [6, 6.07) is 6.28. The molecule has 0 bridgehead atoms. The molecule has 17 heavy (non-hydrogen) atoms. The molecule has 1 fully saturated rings. The smallest absolute Gasteiger partial charge is 0.143 e. The molecule has 0 radical (unpaired) electrons. The van der Waals surface area contributed by atoms with E-state index in [-0.39, 0.29) is 6.10 Å². The highest BCUT2D eigenvalue weighted by Gasteiger charge is 2.30. The minimum Gasteiger partial charge on any atom is -0.482 e. The Morgan fingerprint density at radius 3 is 3.00 bits per heavy atom. The number of hydrogen-bond acceptors (Lipinski definition) is 3. The molecule has 0 spiro atoms. The van der Waals surface area contributed by atoms with Crippen molar-refractivity contribution in [1.29, 1.82) is 0 Å². The Morgan fingerprint density at radius 1 is 1.47 bits per heavy atom. The largest absolute Gasteiger partial charge is 0.482 e. The van der Waals surface area contributed by atoms with Gasteiger partial charge in [-0.15, -0.1) is 0 Å². The van der Waals surface area contributed by atoms with Crippen molar-refractivity contribution in [1.82, 2.24) is 9.78 Å². The molecule has 0 unspecified atom stereocenters. The Labute approximate surface area is 107 Å². The summed E-state index contributed by atoms with van der Waals surface area (Å²) in [6.45, 7) is 0. The molecule has 3 rings (SSSR count). The number of rotatable bonds is 3. The second-order valence-corrected chi connectivity index (χ2v) is 4.80. The van der Waals surface area contributed by atoms with E-state index in [2.05, 4.69) is 21.0 Å². The van der Waals surface area contributed by atoms with Crippen molar-refractivity contribution < 1.29 is 9.84 Å². The van der Waals surface area contributed by atoms with Crippen molar-refractivity contribution in [3.8, 4) is 5.75 Å². The van der Waals surface area contributed by atoms with Crippen LogP contribution >= 0.6 is 15.9 Å². The van der Waals surface area contributed by atoms with Gasteiger partial charge in [-0.2, -0.15) is 5.10 Å². The average Bonchev–Trinajstić information content (AvgIpc) is 2.68. The number of aliphatic hydroxyl groups excluding tert-OH is 1. The van der Waals surface area contributed by atoms with Crippen LogP contribution in [-0.2, 0) is 0 Å². The predicted octanol–water partition coefficient (Wildman–Crippen LogP) is 2.46. The third-order valence-corrected chi connectivity index (χ3v) is 3.45. The third kappa shape index (κ3) is 1.93.